The van der Waals surface area contributed by atoms with Gasteiger partial charge in [0.05, 0.1) is 17.5 Å². The molecule has 5 nitrogen and oxygen atoms in total. The Balaban J connectivity index is 2.08. The Morgan fingerprint density at radius 3 is 2.91 bits per heavy atom. The van der Waals surface area contributed by atoms with E-state index in [0.717, 1.165) is 5.56 Å². The molecule has 1 aliphatic rings. The molecule has 0 aromatic heterocycles. The van der Waals surface area contributed by atoms with Crippen LogP contribution < -0.4 is 10.6 Å². The van der Waals surface area contributed by atoms with Crippen LogP contribution in [0.2, 0.25) is 5.02 Å². The van der Waals surface area contributed by atoms with Crippen LogP contribution in [0.4, 0.5) is 4.39 Å². The van der Waals surface area contributed by atoms with Gasteiger partial charge in [-0.1, -0.05) is 17.7 Å². The minimum absolute atomic E-state index is 0.0213. The van der Waals surface area contributed by atoms with Gasteiger partial charge in [-0.15, -0.1) is 0 Å². The molecule has 2 N–H and O–H groups in total. The van der Waals surface area contributed by atoms with Crippen molar-refractivity contribution in [2.24, 2.45) is 0 Å². The average molecular weight is 342 g/mol. The second kappa shape index (κ2) is 7.75. The molecule has 2 amide bonds. The molecule has 1 heterocycles. The van der Waals surface area contributed by atoms with Gasteiger partial charge in [0.15, 0.2) is 0 Å². The van der Waals surface area contributed by atoms with Crippen molar-refractivity contribution in [3.8, 4) is 0 Å². The van der Waals surface area contributed by atoms with E-state index in [9.17, 15) is 14.0 Å². The Morgan fingerprint density at radius 2 is 2.26 bits per heavy atom. The lowest BCUT2D eigenvalue weighted by Gasteiger charge is -2.34. The topological polar surface area (TPSA) is 61.4 Å². The number of halogens is 2. The van der Waals surface area contributed by atoms with E-state index in [2.05, 4.69) is 10.6 Å². The number of nitrogens with zero attached hydrogens (tertiary/aromatic N) is 1. The highest BCUT2D eigenvalue weighted by Crippen LogP contribution is 2.19. The highest BCUT2D eigenvalue weighted by atomic mass is 35.5. The predicted octanol–water partition coefficient (Wildman–Crippen LogP) is 1.69. The zero-order valence-electron chi connectivity index (χ0n) is 13.2. The molecule has 0 bridgehead atoms. The third kappa shape index (κ3) is 4.91. The van der Waals surface area contributed by atoms with Gasteiger partial charge in [0.1, 0.15) is 5.82 Å². The van der Waals surface area contributed by atoms with Crippen LogP contribution in [0, 0.1) is 5.82 Å². The molecule has 0 saturated carbocycles. The second-order valence-corrected chi connectivity index (χ2v) is 6.36. The molecule has 7 heteroatoms. The predicted molar refractivity (Wildman–Crippen MR) is 86.5 cm³/mol. The Bertz CT molecular complexity index is 595. The average Bonchev–Trinajstić information content (AvgIpc) is 2.46. The molecule has 23 heavy (non-hydrogen) atoms. The molecule has 1 atom stereocenters. The summed E-state index contributed by atoms with van der Waals surface area (Å²) in [7, 11) is 0. The lowest BCUT2D eigenvalue weighted by molar-refractivity contribution is -0.134. The van der Waals surface area contributed by atoms with Crippen molar-refractivity contribution in [1.82, 2.24) is 15.5 Å². The first-order valence-electron chi connectivity index (χ1n) is 7.62. The quantitative estimate of drug-likeness (QED) is 0.857. The molecule has 0 spiro atoms. The van der Waals surface area contributed by atoms with Crippen LogP contribution in [0.5, 0.6) is 0 Å². The van der Waals surface area contributed by atoms with Gasteiger partial charge in [0, 0.05) is 25.7 Å². The summed E-state index contributed by atoms with van der Waals surface area (Å²) in [5, 5.41) is 5.63. The number of rotatable bonds is 5. The molecular formula is C16H21ClFN3O2. The highest BCUT2D eigenvalue weighted by Gasteiger charge is 2.31. The smallest absolute Gasteiger partial charge is 0.237 e. The fraction of sp³-hybridized carbons (Fsp3) is 0.500. The van der Waals surface area contributed by atoms with Crippen LogP contribution >= 0.6 is 11.6 Å². The summed E-state index contributed by atoms with van der Waals surface area (Å²) in [6, 6.07) is 4.05. The van der Waals surface area contributed by atoms with Crippen molar-refractivity contribution in [2.45, 2.75) is 38.9 Å². The van der Waals surface area contributed by atoms with Gasteiger partial charge in [-0.25, -0.2) is 4.39 Å². The summed E-state index contributed by atoms with van der Waals surface area (Å²) in [6.45, 7) is 5.24. The molecule has 1 saturated heterocycles. The SMILES string of the molecule is CC(C)NC(=O)C[C@@H]1C(=O)NCCN1Cc1ccc(Cl)c(F)c1. The number of benzene rings is 1. The van der Waals surface area contributed by atoms with E-state index in [0.29, 0.717) is 19.6 Å². The lowest BCUT2D eigenvalue weighted by atomic mass is 10.1. The monoisotopic (exact) mass is 341 g/mol. The fourth-order valence-corrected chi connectivity index (χ4v) is 2.72. The van der Waals surface area contributed by atoms with Crippen molar-refractivity contribution in [3.63, 3.8) is 0 Å². The summed E-state index contributed by atoms with van der Waals surface area (Å²) in [6.07, 6.45) is 0.0834. The van der Waals surface area contributed by atoms with Crippen LogP contribution in [0.1, 0.15) is 25.8 Å². The van der Waals surface area contributed by atoms with Crippen LogP contribution in [0.3, 0.4) is 0 Å². The number of hydrogen-bond donors (Lipinski definition) is 2. The second-order valence-electron chi connectivity index (χ2n) is 5.95. The van der Waals surface area contributed by atoms with Gasteiger partial charge in [0.2, 0.25) is 11.8 Å². The molecule has 1 aliphatic heterocycles. The molecular weight excluding hydrogens is 321 g/mol. The molecule has 2 rings (SSSR count). The van der Waals surface area contributed by atoms with Crippen molar-refractivity contribution >= 4 is 23.4 Å². The third-order valence-corrected chi connectivity index (χ3v) is 3.95. The van der Waals surface area contributed by atoms with Gasteiger partial charge >= 0.3 is 0 Å². The van der Waals surface area contributed by atoms with Crippen LogP contribution in [0.15, 0.2) is 18.2 Å². The lowest BCUT2D eigenvalue weighted by Crippen LogP contribution is -2.56. The number of amides is 2. The largest absolute Gasteiger partial charge is 0.354 e. The highest BCUT2D eigenvalue weighted by molar-refractivity contribution is 6.30. The summed E-state index contributed by atoms with van der Waals surface area (Å²) in [5.74, 6) is -0.835. The van der Waals surface area contributed by atoms with Crippen molar-refractivity contribution in [2.75, 3.05) is 13.1 Å². The molecule has 0 radical (unpaired) electrons. The summed E-state index contributed by atoms with van der Waals surface area (Å²) < 4.78 is 13.6. The molecule has 1 aromatic carbocycles. The van der Waals surface area contributed by atoms with E-state index < -0.39 is 11.9 Å². The van der Waals surface area contributed by atoms with Crippen molar-refractivity contribution in [3.05, 3.63) is 34.6 Å². The zero-order valence-corrected chi connectivity index (χ0v) is 14.0. The van der Waals surface area contributed by atoms with Gasteiger partial charge in [0.25, 0.3) is 0 Å². The van der Waals surface area contributed by atoms with Gasteiger partial charge < -0.3 is 10.6 Å². The summed E-state index contributed by atoms with van der Waals surface area (Å²) in [5.41, 5.74) is 0.718. The minimum Gasteiger partial charge on any atom is -0.354 e. The third-order valence-electron chi connectivity index (χ3n) is 3.64. The van der Waals surface area contributed by atoms with E-state index in [4.69, 9.17) is 11.6 Å². The first-order chi connectivity index (χ1) is 10.9. The fourth-order valence-electron chi connectivity index (χ4n) is 2.60. The molecule has 0 unspecified atom stereocenters. The van der Waals surface area contributed by atoms with Crippen molar-refractivity contribution in [1.29, 1.82) is 0 Å². The first-order valence-corrected chi connectivity index (χ1v) is 7.99. The standard InChI is InChI=1S/C16H21ClFN3O2/c1-10(2)20-15(22)8-14-16(23)19-5-6-21(14)9-11-3-4-12(17)13(18)7-11/h3-4,7,10,14H,5-6,8-9H2,1-2H3,(H,19,23)(H,20,22)/t14-/m1/s1. The first kappa shape index (κ1) is 17.7. The Kier molecular flexibility index (Phi) is 5.96. The molecule has 1 fully saturated rings. The summed E-state index contributed by atoms with van der Waals surface area (Å²) in [4.78, 5) is 26.0. The Morgan fingerprint density at radius 1 is 1.52 bits per heavy atom. The maximum atomic E-state index is 13.6. The number of hydrogen-bond acceptors (Lipinski definition) is 3. The van der Waals surface area contributed by atoms with Crippen LogP contribution in [-0.2, 0) is 16.1 Å². The van der Waals surface area contributed by atoms with E-state index in [1.165, 1.54) is 12.1 Å². The van der Waals surface area contributed by atoms with E-state index in [1.54, 1.807) is 6.07 Å². The minimum atomic E-state index is -0.554. The molecule has 0 aliphatic carbocycles. The van der Waals surface area contributed by atoms with E-state index in [-0.39, 0.29) is 29.3 Å². The van der Waals surface area contributed by atoms with Crippen molar-refractivity contribution < 1.29 is 14.0 Å². The van der Waals surface area contributed by atoms with E-state index in [1.807, 2.05) is 18.7 Å². The van der Waals surface area contributed by atoms with Gasteiger partial charge in [-0.05, 0) is 31.5 Å². The summed E-state index contributed by atoms with van der Waals surface area (Å²) >= 11 is 5.69. The molecule has 1 aromatic rings. The number of carbonyl (C=O) groups is 2. The number of carbonyl (C=O) groups excluding carboxylic acids is 2. The van der Waals surface area contributed by atoms with Crippen LogP contribution in [-0.4, -0.2) is 41.9 Å². The maximum Gasteiger partial charge on any atom is 0.237 e. The van der Waals surface area contributed by atoms with E-state index >= 15 is 0 Å². The van der Waals surface area contributed by atoms with Gasteiger partial charge in [-0.2, -0.15) is 0 Å². The molecule has 126 valence electrons. The zero-order chi connectivity index (χ0) is 17.0. The Labute approximate surface area is 140 Å². The Hall–Kier alpha value is -1.66. The maximum absolute atomic E-state index is 13.6. The number of nitrogens with one attached hydrogen (secondary N) is 2. The van der Waals surface area contributed by atoms with Crippen LogP contribution in [0.25, 0.3) is 0 Å². The normalized spacial score (nSPS) is 18.8. The van der Waals surface area contributed by atoms with Gasteiger partial charge in [-0.3, -0.25) is 14.5 Å². The number of piperazine rings is 1.